The lowest BCUT2D eigenvalue weighted by Crippen LogP contribution is -2.49. The van der Waals surface area contributed by atoms with E-state index in [9.17, 15) is 31.1 Å². The molecule has 0 fully saturated rings. The summed E-state index contributed by atoms with van der Waals surface area (Å²) < 4.78 is 78.4. The van der Waals surface area contributed by atoms with Gasteiger partial charge in [0.1, 0.15) is 0 Å². The molecular formula is C14H13F6NO2. The molecule has 0 spiro atoms. The molecule has 1 atom stereocenters. The number of nitrogens with zero attached hydrogens (tertiary/aromatic N) is 1. The van der Waals surface area contributed by atoms with Crippen molar-refractivity contribution in [3.05, 3.63) is 35.4 Å². The molecule has 3 nitrogen and oxygen atoms in total. The molecule has 0 saturated carbocycles. The predicted octanol–water partition coefficient (Wildman–Crippen LogP) is 4.24. The maximum atomic E-state index is 12.4. The zero-order valence-corrected chi connectivity index (χ0v) is 11.9. The summed E-state index contributed by atoms with van der Waals surface area (Å²) in [6.07, 6.45) is -17.2. The van der Waals surface area contributed by atoms with Gasteiger partial charge in [0.2, 0.25) is 0 Å². The first-order valence-electron chi connectivity index (χ1n) is 6.67. The number of hydrogen-bond acceptors (Lipinski definition) is 2. The second-order valence-electron chi connectivity index (χ2n) is 5.33. The van der Waals surface area contributed by atoms with Crippen LogP contribution in [0.1, 0.15) is 24.0 Å². The highest BCUT2D eigenvalue weighted by Gasteiger charge is 2.60. The van der Waals surface area contributed by atoms with Gasteiger partial charge in [-0.1, -0.05) is 31.2 Å². The van der Waals surface area contributed by atoms with Gasteiger partial charge in [-0.3, -0.25) is 0 Å². The first-order chi connectivity index (χ1) is 10.5. The average Bonchev–Trinajstić information content (AvgIpc) is 2.42. The molecule has 128 valence electrons. The maximum Gasteiger partial charge on any atom is 0.434 e. The average molecular weight is 341 g/mol. The van der Waals surface area contributed by atoms with E-state index in [-0.39, 0.29) is 19.0 Å². The monoisotopic (exact) mass is 341 g/mol. The Morgan fingerprint density at radius 2 is 1.74 bits per heavy atom. The quantitative estimate of drug-likeness (QED) is 0.715. The van der Waals surface area contributed by atoms with E-state index >= 15 is 0 Å². The van der Waals surface area contributed by atoms with Crippen molar-refractivity contribution in [1.29, 1.82) is 0 Å². The van der Waals surface area contributed by atoms with Crippen molar-refractivity contribution in [3.8, 4) is 0 Å². The van der Waals surface area contributed by atoms with E-state index in [0.29, 0.717) is 5.56 Å². The largest absolute Gasteiger partial charge is 0.434 e. The van der Waals surface area contributed by atoms with Gasteiger partial charge >= 0.3 is 18.4 Å². The van der Waals surface area contributed by atoms with Crippen LogP contribution in [0.3, 0.4) is 0 Å². The Balaban J connectivity index is 2.15. The summed E-state index contributed by atoms with van der Waals surface area (Å²) in [6.45, 7) is 1.61. The molecule has 1 aliphatic heterocycles. The van der Waals surface area contributed by atoms with Gasteiger partial charge in [-0.25, -0.2) is 4.79 Å². The zero-order valence-electron chi connectivity index (χ0n) is 11.9. The zero-order chi connectivity index (χ0) is 17.4. The summed E-state index contributed by atoms with van der Waals surface area (Å²) in [5.41, 5.74) is 1.57. The molecular weight excluding hydrogens is 328 g/mol. The lowest BCUT2D eigenvalue weighted by atomic mass is 9.91. The van der Waals surface area contributed by atoms with Gasteiger partial charge in [0.25, 0.3) is 6.10 Å². The normalized spacial score (nSPS) is 18.8. The highest BCUT2D eigenvalue weighted by molar-refractivity contribution is 5.68. The van der Waals surface area contributed by atoms with Crippen LogP contribution in [0.5, 0.6) is 0 Å². The third-order valence-electron chi connectivity index (χ3n) is 3.51. The molecule has 1 aliphatic rings. The number of alkyl halides is 6. The van der Waals surface area contributed by atoms with Crippen LogP contribution < -0.4 is 0 Å². The van der Waals surface area contributed by atoms with Crippen molar-refractivity contribution in [3.63, 3.8) is 0 Å². The van der Waals surface area contributed by atoms with Crippen LogP contribution in [0.4, 0.5) is 31.1 Å². The minimum absolute atomic E-state index is 0.0156. The third-order valence-corrected chi connectivity index (χ3v) is 3.51. The van der Waals surface area contributed by atoms with Crippen molar-refractivity contribution < 1.29 is 35.9 Å². The van der Waals surface area contributed by atoms with E-state index in [1.807, 2.05) is 0 Å². The standard InChI is InChI=1S/C14H13F6NO2/c1-8-6-21(7-9-4-2-3-5-10(8)9)12(22)23-11(13(15,16)17)14(18,19)20/h2-5,8,11H,6-7H2,1H3. The molecule has 1 aromatic rings. The summed E-state index contributed by atoms with van der Waals surface area (Å²) in [5.74, 6) is -0.220. The summed E-state index contributed by atoms with van der Waals surface area (Å²) in [4.78, 5) is 12.6. The third kappa shape index (κ3) is 3.89. The van der Waals surface area contributed by atoms with Crippen molar-refractivity contribution in [1.82, 2.24) is 4.90 Å². The molecule has 0 aromatic heterocycles. The topological polar surface area (TPSA) is 29.5 Å². The molecule has 1 heterocycles. The fourth-order valence-corrected chi connectivity index (χ4v) is 2.49. The van der Waals surface area contributed by atoms with Crippen LogP contribution in [0, 0.1) is 0 Å². The van der Waals surface area contributed by atoms with E-state index in [4.69, 9.17) is 0 Å². The number of amides is 1. The summed E-state index contributed by atoms with van der Waals surface area (Å²) in [7, 11) is 0. The number of halogens is 6. The van der Waals surface area contributed by atoms with E-state index < -0.39 is 24.5 Å². The molecule has 0 radical (unpaired) electrons. The highest BCUT2D eigenvalue weighted by Crippen LogP contribution is 2.36. The number of carbonyl (C=O) groups is 1. The molecule has 0 N–H and O–H groups in total. The SMILES string of the molecule is CC1CN(C(=O)OC(C(F)(F)F)C(F)(F)F)Cc2ccccc21. The van der Waals surface area contributed by atoms with Crippen LogP contribution in [-0.4, -0.2) is 36.0 Å². The van der Waals surface area contributed by atoms with E-state index in [1.165, 1.54) is 0 Å². The second kappa shape index (κ2) is 5.93. The number of rotatable bonds is 1. The van der Waals surface area contributed by atoms with Crippen LogP contribution in [0.15, 0.2) is 24.3 Å². The second-order valence-corrected chi connectivity index (χ2v) is 5.33. The number of carbonyl (C=O) groups excluding carboxylic acids is 1. The smallest absolute Gasteiger partial charge is 0.426 e. The Labute approximate surface area is 127 Å². The van der Waals surface area contributed by atoms with Crippen LogP contribution in [0.2, 0.25) is 0 Å². The van der Waals surface area contributed by atoms with Gasteiger partial charge in [0.15, 0.2) is 0 Å². The van der Waals surface area contributed by atoms with Crippen LogP contribution in [0.25, 0.3) is 0 Å². The molecule has 23 heavy (non-hydrogen) atoms. The van der Waals surface area contributed by atoms with Gasteiger partial charge in [0, 0.05) is 13.1 Å². The minimum Gasteiger partial charge on any atom is -0.426 e. The number of benzene rings is 1. The van der Waals surface area contributed by atoms with Gasteiger partial charge in [-0.15, -0.1) is 0 Å². The van der Waals surface area contributed by atoms with Crippen molar-refractivity contribution in [2.24, 2.45) is 0 Å². The first-order valence-corrected chi connectivity index (χ1v) is 6.67. The predicted molar refractivity (Wildman–Crippen MR) is 67.6 cm³/mol. The van der Waals surface area contributed by atoms with Gasteiger partial charge in [0.05, 0.1) is 0 Å². The van der Waals surface area contributed by atoms with Gasteiger partial charge in [-0.05, 0) is 17.0 Å². The van der Waals surface area contributed by atoms with Crippen molar-refractivity contribution >= 4 is 6.09 Å². The Hall–Kier alpha value is -1.93. The summed E-state index contributed by atoms with van der Waals surface area (Å²) in [5, 5.41) is 0. The first kappa shape index (κ1) is 17.4. The van der Waals surface area contributed by atoms with Gasteiger partial charge in [-0.2, -0.15) is 26.3 Å². The molecule has 9 heteroatoms. The lowest BCUT2D eigenvalue weighted by Gasteiger charge is -2.33. The number of hydrogen-bond donors (Lipinski definition) is 0. The van der Waals surface area contributed by atoms with Gasteiger partial charge < -0.3 is 9.64 Å². The summed E-state index contributed by atoms with van der Waals surface area (Å²) >= 11 is 0. The van der Waals surface area contributed by atoms with E-state index in [2.05, 4.69) is 4.74 Å². The molecule has 1 amide bonds. The summed E-state index contributed by atoms with van der Waals surface area (Å²) in [6, 6.07) is 6.91. The van der Waals surface area contributed by atoms with E-state index in [0.717, 1.165) is 10.5 Å². The lowest BCUT2D eigenvalue weighted by molar-refractivity contribution is -0.308. The minimum atomic E-state index is -5.72. The molecule has 1 unspecified atom stereocenters. The van der Waals surface area contributed by atoms with Crippen molar-refractivity contribution in [2.45, 2.75) is 37.8 Å². The molecule has 0 aliphatic carbocycles. The number of ether oxygens (including phenoxy) is 1. The molecule has 0 saturated heterocycles. The Morgan fingerprint density at radius 1 is 1.17 bits per heavy atom. The van der Waals surface area contributed by atoms with Crippen LogP contribution in [-0.2, 0) is 11.3 Å². The maximum absolute atomic E-state index is 12.4. The van der Waals surface area contributed by atoms with E-state index in [1.54, 1.807) is 31.2 Å². The molecule has 0 bridgehead atoms. The molecule has 1 aromatic carbocycles. The Morgan fingerprint density at radius 3 is 2.30 bits per heavy atom. The fourth-order valence-electron chi connectivity index (χ4n) is 2.49. The fraction of sp³-hybridized carbons (Fsp3) is 0.500. The Kier molecular flexibility index (Phi) is 4.50. The highest BCUT2D eigenvalue weighted by atomic mass is 19.4. The Bertz CT molecular complexity index is 569. The number of fused-ring (bicyclic) bond motifs is 1. The van der Waals surface area contributed by atoms with Crippen molar-refractivity contribution in [2.75, 3.05) is 6.54 Å². The molecule has 2 rings (SSSR count). The van der Waals surface area contributed by atoms with Crippen LogP contribution >= 0.6 is 0 Å².